The van der Waals surface area contributed by atoms with Gasteiger partial charge in [-0.2, -0.15) is 0 Å². The van der Waals surface area contributed by atoms with Crippen LogP contribution in [0.25, 0.3) is 11.1 Å². The van der Waals surface area contributed by atoms with Gasteiger partial charge in [-0.25, -0.2) is 4.79 Å². The molecule has 3 N–H and O–H groups in total. The number of ether oxygens (including phenoxy) is 1. The van der Waals surface area contributed by atoms with Crippen LogP contribution in [0.3, 0.4) is 0 Å². The van der Waals surface area contributed by atoms with Gasteiger partial charge in [-0.05, 0) is 40.2 Å². The van der Waals surface area contributed by atoms with E-state index in [2.05, 4.69) is 54.8 Å². The minimum Gasteiger partial charge on any atom is -0.480 e. The summed E-state index contributed by atoms with van der Waals surface area (Å²) in [6.45, 7) is 3.79. The van der Waals surface area contributed by atoms with E-state index in [-0.39, 0.29) is 19.1 Å². The van der Waals surface area contributed by atoms with Crippen LogP contribution in [0.15, 0.2) is 42.5 Å². The van der Waals surface area contributed by atoms with Crippen molar-refractivity contribution in [3.05, 3.63) is 59.2 Å². The molecule has 7 heteroatoms. The molecule has 0 aromatic heterocycles. The number of nitrogens with one attached hydrogen (secondary N) is 2. The normalized spacial score (nSPS) is 14.6. The monoisotopic (exact) mass is 466 g/mol. The summed E-state index contributed by atoms with van der Waals surface area (Å²) in [6, 6.07) is 14.8. The molecule has 1 aliphatic rings. The molecule has 0 saturated heterocycles. The summed E-state index contributed by atoms with van der Waals surface area (Å²) in [5.74, 6) is -1.15. The molecule has 2 amide bonds. The fraction of sp³-hybridized carbons (Fsp3) is 0.444. The summed E-state index contributed by atoms with van der Waals surface area (Å²) >= 11 is 0. The Morgan fingerprint density at radius 3 is 2.50 bits per heavy atom. The van der Waals surface area contributed by atoms with E-state index < -0.39 is 24.5 Å². The quantitative estimate of drug-likeness (QED) is 0.428. The van der Waals surface area contributed by atoms with E-state index in [1.54, 1.807) is 0 Å². The number of aliphatic carboxylic acids is 1. The second-order valence-electron chi connectivity index (χ2n) is 8.80. The zero-order valence-corrected chi connectivity index (χ0v) is 19.9. The molecule has 0 radical (unpaired) electrons. The first-order chi connectivity index (χ1) is 16.4. The molecule has 0 fully saturated rings. The first-order valence-corrected chi connectivity index (χ1v) is 12.0. The lowest BCUT2D eigenvalue weighted by Crippen LogP contribution is -2.39. The number of unbranched alkanes of at least 4 members (excludes halogenated alkanes) is 1. The largest absolute Gasteiger partial charge is 0.480 e. The van der Waals surface area contributed by atoms with E-state index >= 15 is 0 Å². The molecule has 34 heavy (non-hydrogen) atoms. The topological polar surface area (TPSA) is 105 Å². The Hall–Kier alpha value is -3.35. The summed E-state index contributed by atoms with van der Waals surface area (Å²) in [6.07, 6.45) is 5.17. The van der Waals surface area contributed by atoms with Crippen molar-refractivity contribution in [1.29, 1.82) is 0 Å². The van der Waals surface area contributed by atoms with Gasteiger partial charge in [-0.15, -0.1) is 0 Å². The second kappa shape index (κ2) is 12.2. The van der Waals surface area contributed by atoms with E-state index in [1.165, 1.54) is 30.4 Å². The molecule has 1 aliphatic carbocycles. The van der Waals surface area contributed by atoms with Gasteiger partial charge in [0.15, 0.2) is 0 Å². The van der Waals surface area contributed by atoms with E-state index in [4.69, 9.17) is 9.84 Å². The fourth-order valence-electron chi connectivity index (χ4n) is 4.54. The number of hydrogen-bond acceptors (Lipinski definition) is 4. The van der Waals surface area contributed by atoms with Gasteiger partial charge in [-0.1, -0.05) is 82.0 Å². The average molecular weight is 467 g/mol. The number of rotatable bonds is 12. The highest BCUT2D eigenvalue weighted by Gasteiger charge is 2.30. The van der Waals surface area contributed by atoms with Gasteiger partial charge in [0.1, 0.15) is 19.7 Å². The Morgan fingerprint density at radius 1 is 1.00 bits per heavy atom. The lowest BCUT2D eigenvalue weighted by Gasteiger charge is -2.17. The molecule has 2 aromatic carbocycles. The molecule has 7 nitrogen and oxygen atoms in total. The molecule has 2 aromatic rings. The number of hydrogen-bond donors (Lipinski definition) is 3. The molecule has 0 bridgehead atoms. The first-order valence-electron chi connectivity index (χ1n) is 12.0. The van der Waals surface area contributed by atoms with Crippen LogP contribution in [-0.2, 0) is 20.7 Å². The third-order valence-corrected chi connectivity index (χ3v) is 6.40. The first kappa shape index (κ1) is 25.3. The van der Waals surface area contributed by atoms with Gasteiger partial charge in [0.2, 0.25) is 5.91 Å². The molecule has 0 saturated carbocycles. The van der Waals surface area contributed by atoms with Gasteiger partial charge in [0, 0.05) is 5.92 Å². The van der Waals surface area contributed by atoms with Crippen molar-refractivity contribution in [1.82, 2.24) is 10.6 Å². The average Bonchev–Trinajstić information content (AvgIpc) is 3.15. The number of benzene rings is 2. The van der Waals surface area contributed by atoms with Crippen molar-refractivity contribution in [2.24, 2.45) is 5.92 Å². The SMILES string of the molecule is CCCCC(CC)Cc1ccc2c(c1)C(COC(=O)NCC(=O)NCC(=O)O)c1ccccc1-2. The van der Waals surface area contributed by atoms with Crippen LogP contribution < -0.4 is 10.6 Å². The molecule has 2 unspecified atom stereocenters. The molecule has 182 valence electrons. The minimum atomic E-state index is -1.15. The number of fused-ring (bicyclic) bond motifs is 3. The summed E-state index contributed by atoms with van der Waals surface area (Å²) < 4.78 is 5.46. The Kier molecular flexibility index (Phi) is 9.08. The number of carboxylic acids is 1. The van der Waals surface area contributed by atoms with Crippen LogP contribution in [0.5, 0.6) is 0 Å². The van der Waals surface area contributed by atoms with E-state index in [0.29, 0.717) is 5.92 Å². The number of carbonyl (C=O) groups is 3. The molecule has 0 aliphatic heterocycles. The zero-order valence-electron chi connectivity index (χ0n) is 19.9. The highest BCUT2D eigenvalue weighted by Crippen LogP contribution is 2.45. The number of carboxylic acid groups (broad SMARTS) is 1. The number of carbonyl (C=O) groups excluding carboxylic acids is 2. The van der Waals surface area contributed by atoms with E-state index in [1.807, 2.05) is 12.1 Å². The van der Waals surface area contributed by atoms with Crippen LogP contribution >= 0.6 is 0 Å². The summed E-state index contributed by atoms with van der Waals surface area (Å²) in [5.41, 5.74) is 5.92. The molecular weight excluding hydrogens is 432 g/mol. The van der Waals surface area contributed by atoms with Crippen molar-refractivity contribution in [3.63, 3.8) is 0 Å². The lowest BCUT2D eigenvalue weighted by molar-refractivity contribution is -0.137. The van der Waals surface area contributed by atoms with Gasteiger partial charge in [0.25, 0.3) is 0 Å². The maximum absolute atomic E-state index is 12.2. The van der Waals surface area contributed by atoms with Crippen LogP contribution in [0.4, 0.5) is 4.79 Å². The van der Waals surface area contributed by atoms with Crippen LogP contribution in [0.2, 0.25) is 0 Å². The van der Waals surface area contributed by atoms with Gasteiger partial charge in [-0.3, -0.25) is 9.59 Å². The maximum Gasteiger partial charge on any atom is 0.407 e. The van der Waals surface area contributed by atoms with Crippen LogP contribution in [-0.4, -0.2) is 42.8 Å². The van der Waals surface area contributed by atoms with Crippen LogP contribution in [0, 0.1) is 5.92 Å². The molecule has 2 atom stereocenters. The summed E-state index contributed by atoms with van der Waals surface area (Å²) in [4.78, 5) is 34.3. The van der Waals surface area contributed by atoms with Gasteiger partial charge < -0.3 is 20.5 Å². The summed E-state index contributed by atoms with van der Waals surface area (Å²) in [5, 5.41) is 13.2. The Balaban J connectivity index is 1.67. The second-order valence-corrected chi connectivity index (χ2v) is 8.80. The highest BCUT2D eigenvalue weighted by atomic mass is 16.5. The van der Waals surface area contributed by atoms with Crippen molar-refractivity contribution in [3.8, 4) is 11.1 Å². The molecule has 3 rings (SSSR count). The summed E-state index contributed by atoms with van der Waals surface area (Å²) in [7, 11) is 0. The minimum absolute atomic E-state index is 0.0755. The Bertz CT molecular complexity index is 1020. The fourth-order valence-corrected chi connectivity index (χ4v) is 4.54. The van der Waals surface area contributed by atoms with E-state index in [0.717, 1.165) is 29.5 Å². The number of alkyl carbamates (subject to hydrolysis) is 1. The smallest absolute Gasteiger partial charge is 0.407 e. The zero-order chi connectivity index (χ0) is 24.5. The third-order valence-electron chi connectivity index (χ3n) is 6.40. The standard InChI is InChI=1S/C27H34N2O5/c1-3-5-8-18(4-2)13-19-11-12-22-20-9-6-7-10-21(20)24(23(22)14-19)17-34-27(33)29-15-25(30)28-16-26(31)32/h6-7,9-12,14,18,24H,3-5,8,13,15-17H2,1-2H3,(H,28,30)(H,29,33)(H,31,32). The van der Waals surface area contributed by atoms with Gasteiger partial charge >= 0.3 is 12.1 Å². The Morgan fingerprint density at radius 2 is 1.76 bits per heavy atom. The molecule has 0 spiro atoms. The Labute approximate surface area is 200 Å². The van der Waals surface area contributed by atoms with E-state index in [9.17, 15) is 14.4 Å². The van der Waals surface area contributed by atoms with Crippen molar-refractivity contribution in [2.75, 3.05) is 19.7 Å². The maximum atomic E-state index is 12.2. The van der Waals surface area contributed by atoms with Crippen molar-refractivity contribution < 1.29 is 24.2 Å². The predicted molar refractivity (Wildman–Crippen MR) is 131 cm³/mol. The third kappa shape index (κ3) is 6.59. The number of amides is 2. The van der Waals surface area contributed by atoms with Gasteiger partial charge in [0.05, 0.1) is 0 Å². The predicted octanol–water partition coefficient (Wildman–Crippen LogP) is 4.48. The molecular formula is C27H34N2O5. The van der Waals surface area contributed by atoms with Crippen molar-refractivity contribution in [2.45, 2.75) is 51.9 Å². The van der Waals surface area contributed by atoms with Crippen molar-refractivity contribution >= 4 is 18.0 Å². The molecule has 0 heterocycles. The lowest BCUT2D eigenvalue weighted by atomic mass is 9.89. The van der Waals surface area contributed by atoms with Crippen LogP contribution in [0.1, 0.15) is 62.1 Å². The highest BCUT2D eigenvalue weighted by molar-refractivity contribution is 5.85.